The number of aliphatic hydroxyl groups excluding tert-OH is 10. The minimum absolute atomic E-state index is 0.683. The average molecular weight is 502 g/mol. The van der Waals surface area contributed by atoms with E-state index in [2.05, 4.69) is 5.32 Å². The van der Waals surface area contributed by atoms with Gasteiger partial charge in [0.2, 0.25) is 0 Å². The van der Waals surface area contributed by atoms with E-state index in [0.717, 1.165) is 0 Å². The molecule has 0 amide bonds. The lowest BCUT2D eigenvalue weighted by Crippen LogP contribution is -2.71. The summed E-state index contributed by atoms with van der Waals surface area (Å²) < 4.78 is 21.6. The van der Waals surface area contributed by atoms with E-state index in [1.165, 1.54) is 0 Å². The normalized spacial score (nSPS) is 52.5. The second kappa shape index (κ2) is 11.6. The second-order valence-electron chi connectivity index (χ2n) is 8.56. The molecule has 3 aliphatic rings. The Morgan fingerprint density at radius 2 is 1.21 bits per heavy atom. The van der Waals surface area contributed by atoms with Crippen molar-refractivity contribution < 1.29 is 70.0 Å². The van der Waals surface area contributed by atoms with Crippen molar-refractivity contribution in [1.82, 2.24) is 5.32 Å². The first kappa shape index (κ1) is 27.9. The molecule has 0 bridgehead atoms. The molecule has 0 saturated carbocycles. The molecule has 3 aliphatic heterocycles. The molecule has 0 aromatic carbocycles. The largest absolute Gasteiger partial charge is 0.394 e. The van der Waals surface area contributed by atoms with Gasteiger partial charge in [-0.3, -0.25) is 5.32 Å². The maximum absolute atomic E-state index is 10.9. The summed E-state index contributed by atoms with van der Waals surface area (Å²) in [5.41, 5.74) is 5.85. The van der Waals surface area contributed by atoms with Crippen molar-refractivity contribution in [3.63, 3.8) is 0 Å². The Hall–Kier alpha value is -0.640. The standard InChI is InChI=1S/C18H34N2O14/c19-7-11(26)9(24)5(2-22)33-18(7)34-15-6(3-23)32-17(30)8(12(15)27)20-16-14(29)13(28)10(25)4(1-21)31-16/h4-18,20-30H,1-3,19H2/t4-,5-,6-,7-,8-,9-,10+,11-,12-,13+,14-,15-,16?,17-,18+/m1/s1. The summed E-state index contributed by atoms with van der Waals surface area (Å²) in [5, 5.41) is 102. The predicted molar refractivity (Wildman–Crippen MR) is 105 cm³/mol. The number of ether oxygens (including phenoxy) is 4. The zero-order valence-corrected chi connectivity index (χ0v) is 18.0. The molecular formula is C18H34N2O14. The molecule has 3 heterocycles. The van der Waals surface area contributed by atoms with Gasteiger partial charge in [-0.05, 0) is 0 Å². The summed E-state index contributed by atoms with van der Waals surface area (Å²) >= 11 is 0. The van der Waals surface area contributed by atoms with E-state index in [9.17, 15) is 51.1 Å². The van der Waals surface area contributed by atoms with Crippen LogP contribution in [0.4, 0.5) is 0 Å². The minimum Gasteiger partial charge on any atom is -0.394 e. The van der Waals surface area contributed by atoms with Gasteiger partial charge in [-0.25, -0.2) is 0 Å². The maximum atomic E-state index is 10.9. The second-order valence-corrected chi connectivity index (χ2v) is 8.56. The maximum Gasteiger partial charge on any atom is 0.176 e. The van der Waals surface area contributed by atoms with Gasteiger partial charge in [0.1, 0.15) is 67.3 Å². The summed E-state index contributed by atoms with van der Waals surface area (Å²) in [6.45, 7) is -2.12. The van der Waals surface area contributed by atoms with Crippen LogP contribution in [0.1, 0.15) is 0 Å². The number of aliphatic hydroxyl groups is 10. The van der Waals surface area contributed by atoms with Crippen LogP contribution in [0, 0.1) is 0 Å². The molecule has 34 heavy (non-hydrogen) atoms. The molecule has 1 unspecified atom stereocenters. The van der Waals surface area contributed by atoms with Crippen molar-refractivity contribution in [2.75, 3.05) is 19.8 Å². The molecule has 16 heteroatoms. The zero-order valence-electron chi connectivity index (χ0n) is 18.0. The molecule has 0 radical (unpaired) electrons. The van der Waals surface area contributed by atoms with E-state index in [0.29, 0.717) is 0 Å². The lowest BCUT2D eigenvalue weighted by molar-refractivity contribution is -0.330. The summed E-state index contributed by atoms with van der Waals surface area (Å²) in [4.78, 5) is 0. The van der Waals surface area contributed by atoms with Crippen LogP contribution in [0.25, 0.3) is 0 Å². The minimum atomic E-state index is -1.78. The quantitative estimate of drug-likeness (QED) is 0.154. The van der Waals surface area contributed by atoms with Crippen LogP contribution in [0.2, 0.25) is 0 Å². The summed E-state index contributed by atoms with van der Waals surface area (Å²) in [6.07, 6.45) is -19.9. The van der Waals surface area contributed by atoms with E-state index in [1.807, 2.05) is 0 Å². The smallest absolute Gasteiger partial charge is 0.176 e. The Bertz CT molecular complexity index is 646. The van der Waals surface area contributed by atoms with Gasteiger partial charge in [-0.15, -0.1) is 0 Å². The highest BCUT2D eigenvalue weighted by molar-refractivity contribution is 4.99. The van der Waals surface area contributed by atoms with Crippen LogP contribution in [-0.4, -0.2) is 163 Å². The molecule has 15 atom stereocenters. The van der Waals surface area contributed by atoms with E-state index in [1.54, 1.807) is 0 Å². The summed E-state index contributed by atoms with van der Waals surface area (Å²) in [7, 11) is 0. The molecule has 3 saturated heterocycles. The molecule has 16 nitrogen and oxygen atoms in total. The van der Waals surface area contributed by atoms with Crippen LogP contribution in [-0.2, 0) is 18.9 Å². The topological polar surface area (TPSA) is 277 Å². The van der Waals surface area contributed by atoms with Gasteiger partial charge in [0.25, 0.3) is 0 Å². The molecule has 0 aromatic heterocycles. The third kappa shape index (κ3) is 5.37. The van der Waals surface area contributed by atoms with Crippen LogP contribution in [0.5, 0.6) is 0 Å². The monoisotopic (exact) mass is 502 g/mol. The third-order valence-corrected chi connectivity index (χ3v) is 6.34. The number of nitrogens with two attached hydrogens (primary N) is 1. The van der Waals surface area contributed by atoms with Crippen molar-refractivity contribution in [3.05, 3.63) is 0 Å². The number of rotatable bonds is 7. The fourth-order valence-electron chi connectivity index (χ4n) is 4.24. The van der Waals surface area contributed by atoms with E-state index < -0.39 is 112 Å². The average Bonchev–Trinajstić information content (AvgIpc) is 2.82. The first-order chi connectivity index (χ1) is 16.0. The summed E-state index contributed by atoms with van der Waals surface area (Å²) in [5.74, 6) is 0. The molecule has 0 aromatic rings. The van der Waals surface area contributed by atoms with Gasteiger partial charge >= 0.3 is 0 Å². The zero-order chi connectivity index (χ0) is 25.3. The van der Waals surface area contributed by atoms with Crippen molar-refractivity contribution in [1.29, 1.82) is 0 Å². The number of hydrogen-bond acceptors (Lipinski definition) is 16. The third-order valence-electron chi connectivity index (χ3n) is 6.34. The number of nitrogens with one attached hydrogen (secondary N) is 1. The highest BCUT2D eigenvalue weighted by Gasteiger charge is 2.52. The highest BCUT2D eigenvalue weighted by Crippen LogP contribution is 2.29. The van der Waals surface area contributed by atoms with Gasteiger partial charge in [0.05, 0.1) is 31.9 Å². The SMILES string of the molecule is N[C@H]1[C@H](O[C@H]2[C@H](O)[C@@H](NC3O[C@H](CO)[C@H](O)[C@H](O)[C@H]3O)[C@H](O)O[C@@H]2CO)O[C@H](CO)[C@@H](O)[C@@H]1O. The van der Waals surface area contributed by atoms with Gasteiger partial charge < -0.3 is 75.7 Å². The van der Waals surface area contributed by atoms with E-state index in [-0.39, 0.29) is 0 Å². The van der Waals surface area contributed by atoms with E-state index >= 15 is 0 Å². The predicted octanol–water partition coefficient (Wildman–Crippen LogP) is -8.03. The molecule has 0 spiro atoms. The Morgan fingerprint density at radius 1 is 0.647 bits per heavy atom. The molecule has 3 rings (SSSR count). The van der Waals surface area contributed by atoms with Gasteiger partial charge in [-0.2, -0.15) is 0 Å². The fraction of sp³-hybridized carbons (Fsp3) is 1.00. The van der Waals surface area contributed by atoms with Gasteiger partial charge in [0, 0.05) is 0 Å². The Kier molecular flexibility index (Phi) is 9.54. The van der Waals surface area contributed by atoms with E-state index in [4.69, 9.17) is 24.7 Å². The highest BCUT2D eigenvalue weighted by atomic mass is 16.7. The van der Waals surface area contributed by atoms with Crippen LogP contribution < -0.4 is 11.1 Å². The first-order valence-corrected chi connectivity index (χ1v) is 10.8. The molecule has 200 valence electrons. The molecule has 3 fully saturated rings. The lowest BCUT2D eigenvalue weighted by atomic mass is 9.93. The van der Waals surface area contributed by atoms with Crippen LogP contribution in [0.3, 0.4) is 0 Å². The van der Waals surface area contributed by atoms with Gasteiger partial charge in [0.15, 0.2) is 12.6 Å². The lowest BCUT2D eigenvalue weighted by Gasteiger charge is -2.48. The molecule has 13 N–H and O–H groups in total. The van der Waals surface area contributed by atoms with Crippen molar-refractivity contribution in [3.8, 4) is 0 Å². The van der Waals surface area contributed by atoms with Crippen molar-refractivity contribution >= 4 is 0 Å². The Labute approximate surface area is 193 Å². The summed E-state index contributed by atoms with van der Waals surface area (Å²) in [6, 6.07) is -2.79. The molecular weight excluding hydrogens is 468 g/mol. The van der Waals surface area contributed by atoms with Crippen molar-refractivity contribution in [2.45, 2.75) is 91.9 Å². The Balaban J connectivity index is 1.76. The fourth-order valence-corrected chi connectivity index (χ4v) is 4.24. The van der Waals surface area contributed by atoms with Crippen LogP contribution in [0.15, 0.2) is 0 Å². The Morgan fingerprint density at radius 3 is 1.79 bits per heavy atom. The van der Waals surface area contributed by atoms with Crippen molar-refractivity contribution in [2.24, 2.45) is 5.73 Å². The first-order valence-electron chi connectivity index (χ1n) is 10.8. The van der Waals surface area contributed by atoms with Gasteiger partial charge in [-0.1, -0.05) is 0 Å². The molecule has 0 aliphatic carbocycles. The van der Waals surface area contributed by atoms with Crippen LogP contribution >= 0.6 is 0 Å². The number of hydrogen-bond donors (Lipinski definition) is 12.